The monoisotopic (exact) mass is 415 g/mol. The van der Waals surface area contributed by atoms with Gasteiger partial charge in [-0.25, -0.2) is 4.39 Å². The molecule has 0 aliphatic carbocycles. The molecule has 1 aliphatic rings. The number of nitrogens with zero attached hydrogens (tertiary/aromatic N) is 2. The zero-order valence-electron chi connectivity index (χ0n) is 13.9. The summed E-state index contributed by atoms with van der Waals surface area (Å²) in [6.07, 6.45) is -4.59. The summed E-state index contributed by atoms with van der Waals surface area (Å²) in [7, 11) is 0. The van der Waals surface area contributed by atoms with Crippen molar-refractivity contribution in [2.45, 2.75) is 12.2 Å². The van der Waals surface area contributed by atoms with Gasteiger partial charge in [-0.3, -0.25) is 19.8 Å². The Bertz CT molecular complexity index is 698. The first-order valence-electron chi connectivity index (χ1n) is 7.64. The lowest BCUT2D eigenvalue weighted by molar-refractivity contribution is -0.384. The maximum atomic E-state index is 13.5. The minimum Gasteiger partial charge on any atom is -0.393 e. The van der Waals surface area contributed by atoms with Gasteiger partial charge in [-0.05, 0) is 6.07 Å². The smallest absolute Gasteiger partial charge is 0.393 e. The fourth-order valence-corrected chi connectivity index (χ4v) is 2.67. The van der Waals surface area contributed by atoms with E-state index in [9.17, 15) is 32.5 Å². The molecule has 1 heterocycles. The lowest BCUT2D eigenvalue weighted by atomic mass is 10.1. The van der Waals surface area contributed by atoms with Gasteiger partial charge in [0.1, 0.15) is 17.5 Å². The third-order valence-electron chi connectivity index (χ3n) is 3.99. The molecule has 0 bridgehead atoms. The van der Waals surface area contributed by atoms with Crippen molar-refractivity contribution in [3.8, 4) is 0 Å². The second-order valence-corrected chi connectivity index (χ2v) is 5.70. The van der Waals surface area contributed by atoms with Crippen LogP contribution in [0, 0.1) is 15.9 Å². The Morgan fingerprint density at radius 1 is 1.37 bits per heavy atom. The first-order chi connectivity index (χ1) is 12.1. The highest BCUT2D eigenvalue weighted by molar-refractivity contribution is 6.01. The summed E-state index contributed by atoms with van der Waals surface area (Å²) in [5.41, 5.74) is 3.45. The molecule has 4 N–H and O–H groups in total. The highest BCUT2D eigenvalue weighted by atomic mass is 35.5. The lowest BCUT2D eigenvalue weighted by Crippen LogP contribution is -2.57. The Labute approximate surface area is 157 Å². The average molecular weight is 416 g/mol. The molecule has 1 unspecified atom stereocenters. The van der Waals surface area contributed by atoms with Gasteiger partial charge in [0.05, 0.1) is 16.6 Å². The van der Waals surface area contributed by atoms with Crippen LogP contribution in [0.15, 0.2) is 12.1 Å². The number of nitrogens with one attached hydrogen (secondary N) is 2. The first-order valence-corrected chi connectivity index (χ1v) is 7.64. The van der Waals surface area contributed by atoms with E-state index in [0.29, 0.717) is 25.2 Å². The van der Waals surface area contributed by atoms with Gasteiger partial charge in [-0.15, -0.1) is 12.4 Å². The van der Waals surface area contributed by atoms with Crippen LogP contribution in [0.5, 0.6) is 0 Å². The van der Waals surface area contributed by atoms with Gasteiger partial charge >= 0.3 is 6.18 Å². The number of hydrogen-bond acceptors (Lipinski definition) is 6. The quantitative estimate of drug-likeness (QED) is 0.289. The zero-order valence-corrected chi connectivity index (χ0v) is 14.7. The highest BCUT2D eigenvalue weighted by Gasteiger charge is 2.44. The Hall–Kier alpha value is -2.18. The zero-order chi connectivity index (χ0) is 19.5. The van der Waals surface area contributed by atoms with Crippen LogP contribution in [-0.2, 0) is 0 Å². The van der Waals surface area contributed by atoms with E-state index >= 15 is 0 Å². The molecule has 0 aromatic heterocycles. The number of carbonyl (C=O) groups excluding carboxylic acids is 1. The topological polar surface area (TPSA) is 114 Å². The summed E-state index contributed by atoms with van der Waals surface area (Å²) in [6.45, 7) is 0.264. The lowest BCUT2D eigenvalue weighted by Gasteiger charge is -2.35. The van der Waals surface area contributed by atoms with Crippen molar-refractivity contribution in [1.82, 2.24) is 15.5 Å². The normalized spacial score (nSPS) is 16.3. The van der Waals surface area contributed by atoms with Crippen molar-refractivity contribution in [3.63, 3.8) is 0 Å². The predicted octanol–water partition coefficient (Wildman–Crippen LogP) is 1.30. The molecule has 1 atom stereocenters. The molecule has 1 aromatic carbocycles. The van der Waals surface area contributed by atoms with Crippen LogP contribution in [0.3, 0.4) is 0 Å². The van der Waals surface area contributed by atoms with E-state index in [2.05, 4.69) is 5.32 Å². The van der Waals surface area contributed by atoms with Crippen LogP contribution >= 0.6 is 12.4 Å². The van der Waals surface area contributed by atoms with Crippen LogP contribution in [-0.4, -0.2) is 60.7 Å². The summed E-state index contributed by atoms with van der Waals surface area (Å²) in [6, 6.07) is -0.755. The Kier molecular flexibility index (Phi) is 7.75. The highest BCUT2D eigenvalue weighted by Crippen LogP contribution is 2.28. The standard InChI is InChI=1S/C14H17F4N5O3.ClH/c15-8-5-9(12(19)10(6-8)23(25)26)13(24)21-7-11(14(16,17)18)22-3-1-20-2-4-22;/h5-6,11,20H,1-4,7,19H2,(H,21,24);1H. The van der Waals surface area contributed by atoms with Crippen molar-refractivity contribution in [3.05, 3.63) is 33.6 Å². The van der Waals surface area contributed by atoms with Crippen LogP contribution in [0.4, 0.5) is 28.9 Å². The van der Waals surface area contributed by atoms with E-state index < -0.39 is 52.3 Å². The summed E-state index contributed by atoms with van der Waals surface area (Å²) in [5.74, 6) is -2.21. The molecule has 1 amide bonds. The first kappa shape index (κ1) is 22.9. The van der Waals surface area contributed by atoms with Gasteiger partial charge in [0.2, 0.25) is 0 Å². The van der Waals surface area contributed by atoms with Crippen molar-refractivity contribution in [1.29, 1.82) is 0 Å². The van der Waals surface area contributed by atoms with Gasteiger partial charge in [-0.2, -0.15) is 13.2 Å². The molecule has 0 radical (unpaired) electrons. The van der Waals surface area contributed by atoms with E-state index in [0.717, 1.165) is 0 Å². The SMILES string of the molecule is Cl.Nc1c(C(=O)NCC(N2CCNCC2)C(F)(F)F)cc(F)cc1[N+](=O)[O-]. The molecule has 1 aromatic rings. The second-order valence-electron chi connectivity index (χ2n) is 5.70. The molecule has 0 spiro atoms. The Morgan fingerprint density at radius 3 is 2.48 bits per heavy atom. The number of carbonyl (C=O) groups is 1. The molecule has 0 saturated carbocycles. The maximum absolute atomic E-state index is 13.5. The number of nitro benzene ring substituents is 1. The fraction of sp³-hybridized carbons (Fsp3) is 0.500. The predicted molar refractivity (Wildman–Crippen MR) is 91.3 cm³/mol. The second kappa shape index (κ2) is 9.15. The van der Waals surface area contributed by atoms with Crippen molar-refractivity contribution >= 4 is 29.7 Å². The van der Waals surface area contributed by atoms with Crippen molar-refractivity contribution in [2.75, 3.05) is 38.5 Å². The number of halogens is 5. The Morgan fingerprint density at radius 2 is 1.96 bits per heavy atom. The largest absolute Gasteiger partial charge is 0.405 e. The number of piperazine rings is 1. The molecular weight excluding hydrogens is 398 g/mol. The number of rotatable bonds is 5. The van der Waals surface area contributed by atoms with Crippen LogP contribution in [0.25, 0.3) is 0 Å². The molecule has 1 fully saturated rings. The summed E-state index contributed by atoms with van der Waals surface area (Å²) in [4.78, 5) is 23.1. The van der Waals surface area contributed by atoms with E-state index in [4.69, 9.17) is 5.73 Å². The van der Waals surface area contributed by atoms with Crippen LogP contribution in [0.1, 0.15) is 10.4 Å². The number of alkyl halides is 3. The van der Waals surface area contributed by atoms with Crippen LogP contribution in [0.2, 0.25) is 0 Å². The molecule has 8 nitrogen and oxygen atoms in total. The molecule has 13 heteroatoms. The van der Waals surface area contributed by atoms with E-state index in [1.807, 2.05) is 5.32 Å². The molecular formula is C14H18ClF4N5O3. The van der Waals surface area contributed by atoms with Crippen molar-refractivity contribution < 1.29 is 27.3 Å². The molecule has 1 aliphatic heterocycles. The fourth-order valence-electron chi connectivity index (χ4n) is 2.67. The van der Waals surface area contributed by atoms with Gasteiger partial charge in [-0.1, -0.05) is 0 Å². The third-order valence-corrected chi connectivity index (χ3v) is 3.99. The molecule has 1 saturated heterocycles. The molecule has 27 heavy (non-hydrogen) atoms. The average Bonchev–Trinajstić information content (AvgIpc) is 2.56. The van der Waals surface area contributed by atoms with E-state index in [1.165, 1.54) is 4.90 Å². The molecule has 2 rings (SSSR count). The summed E-state index contributed by atoms with van der Waals surface area (Å²) in [5, 5.41) is 15.8. The molecule has 152 valence electrons. The van der Waals surface area contributed by atoms with E-state index in [1.54, 1.807) is 0 Å². The third kappa shape index (κ3) is 5.65. The number of amides is 1. The Balaban J connectivity index is 0.00000364. The number of benzene rings is 1. The number of nitrogens with two attached hydrogens (primary N) is 1. The maximum Gasteiger partial charge on any atom is 0.405 e. The summed E-state index contributed by atoms with van der Waals surface area (Å²) < 4.78 is 53.3. The van der Waals surface area contributed by atoms with Gasteiger partial charge in [0, 0.05) is 32.7 Å². The number of hydrogen-bond donors (Lipinski definition) is 3. The van der Waals surface area contributed by atoms with E-state index in [-0.39, 0.29) is 25.5 Å². The number of anilines is 1. The minimum atomic E-state index is -4.59. The summed E-state index contributed by atoms with van der Waals surface area (Å²) >= 11 is 0. The van der Waals surface area contributed by atoms with Crippen molar-refractivity contribution in [2.24, 2.45) is 0 Å². The number of nitrogen functional groups attached to an aromatic ring is 1. The number of nitro groups is 1. The van der Waals surface area contributed by atoms with Gasteiger partial charge in [0.25, 0.3) is 11.6 Å². The van der Waals surface area contributed by atoms with Gasteiger partial charge in [0.15, 0.2) is 0 Å². The van der Waals surface area contributed by atoms with Crippen LogP contribution < -0.4 is 16.4 Å². The van der Waals surface area contributed by atoms with Gasteiger partial charge < -0.3 is 16.4 Å². The minimum absolute atomic E-state index is 0.